The number of piperidine rings is 1. The Hall–Kier alpha value is -2.63. The maximum Gasteiger partial charge on any atom is 0.416 e. The zero-order valence-corrected chi connectivity index (χ0v) is 18.8. The Kier molecular flexibility index (Phi) is 7.51. The van der Waals surface area contributed by atoms with Crippen molar-refractivity contribution in [2.75, 3.05) is 13.1 Å². The highest BCUT2D eigenvalue weighted by Crippen LogP contribution is 2.34. The summed E-state index contributed by atoms with van der Waals surface area (Å²) in [5.41, 5.74) is 2.06. The molecule has 1 heterocycles. The molecule has 1 atom stereocenters. The highest BCUT2D eigenvalue weighted by molar-refractivity contribution is 5.31. The van der Waals surface area contributed by atoms with Crippen LogP contribution in [-0.4, -0.2) is 24.1 Å². The Balaban J connectivity index is 1.39. The average molecular weight is 454 g/mol. The number of nitrogens with zero attached hydrogens (tertiary/aromatic N) is 1. The first kappa shape index (κ1) is 23.5. The van der Waals surface area contributed by atoms with E-state index >= 15 is 0 Å². The van der Waals surface area contributed by atoms with E-state index in [1.54, 1.807) is 12.1 Å². The van der Waals surface area contributed by atoms with E-state index in [2.05, 4.69) is 36.1 Å². The lowest BCUT2D eigenvalue weighted by Gasteiger charge is -2.36. The summed E-state index contributed by atoms with van der Waals surface area (Å²) in [7, 11) is 0. The van der Waals surface area contributed by atoms with E-state index in [4.69, 9.17) is 4.74 Å². The average Bonchev–Trinajstić information content (AvgIpc) is 2.83. The van der Waals surface area contributed by atoms with Crippen molar-refractivity contribution >= 4 is 0 Å². The molecule has 5 heteroatoms. The molecule has 0 bridgehead atoms. The van der Waals surface area contributed by atoms with Gasteiger partial charge in [0.25, 0.3) is 0 Å². The summed E-state index contributed by atoms with van der Waals surface area (Å²) in [5.74, 6) is 0.369. The molecular formula is C28H30F3NO. The second-order valence-corrected chi connectivity index (χ2v) is 8.81. The fraction of sp³-hybridized carbons (Fsp3) is 0.357. The van der Waals surface area contributed by atoms with Crippen LogP contribution >= 0.6 is 0 Å². The first-order chi connectivity index (χ1) is 15.9. The lowest BCUT2D eigenvalue weighted by Crippen LogP contribution is -2.38. The van der Waals surface area contributed by atoms with Crippen LogP contribution in [0.25, 0.3) is 0 Å². The van der Waals surface area contributed by atoms with E-state index in [0.29, 0.717) is 18.0 Å². The van der Waals surface area contributed by atoms with Gasteiger partial charge in [-0.15, -0.1) is 0 Å². The summed E-state index contributed by atoms with van der Waals surface area (Å²) in [5, 5.41) is 0. The van der Waals surface area contributed by atoms with Gasteiger partial charge < -0.3 is 4.74 Å². The van der Waals surface area contributed by atoms with E-state index in [9.17, 15) is 13.2 Å². The summed E-state index contributed by atoms with van der Waals surface area (Å²) >= 11 is 0. The van der Waals surface area contributed by atoms with Gasteiger partial charge >= 0.3 is 6.18 Å². The van der Waals surface area contributed by atoms with Crippen LogP contribution in [0.5, 0.6) is 0 Å². The fourth-order valence-electron chi connectivity index (χ4n) is 4.69. The lowest BCUT2D eigenvalue weighted by atomic mass is 9.91. The third-order valence-electron chi connectivity index (χ3n) is 6.57. The van der Waals surface area contributed by atoms with Gasteiger partial charge in [-0.3, -0.25) is 4.90 Å². The maximum atomic E-state index is 13.3. The smallest absolute Gasteiger partial charge is 0.366 e. The van der Waals surface area contributed by atoms with Crippen LogP contribution in [0.15, 0.2) is 84.9 Å². The number of halogens is 3. The topological polar surface area (TPSA) is 12.5 Å². The van der Waals surface area contributed by atoms with Crippen molar-refractivity contribution in [1.82, 2.24) is 4.90 Å². The predicted molar refractivity (Wildman–Crippen MR) is 125 cm³/mol. The Labute approximate surface area is 194 Å². The molecule has 0 aliphatic carbocycles. The number of alkyl halides is 3. The highest BCUT2D eigenvalue weighted by atomic mass is 19.4. The minimum atomic E-state index is -4.32. The van der Waals surface area contributed by atoms with Crippen LogP contribution in [0.2, 0.25) is 0 Å². The molecule has 1 fully saturated rings. The molecule has 3 aromatic carbocycles. The fourth-order valence-corrected chi connectivity index (χ4v) is 4.69. The lowest BCUT2D eigenvalue weighted by molar-refractivity contribution is -0.138. The molecule has 0 radical (unpaired) electrons. The highest BCUT2D eigenvalue weighted by Gasteiger charge is 2.34. The molecule has 4 rings (SSSR count). The number of likely N-dealkylation sites (tertiary alicyclic amines) is 1. The van der Waals surface area contributed by atoms with Crippen molar-refractivity contribution in [2.24, 2.45) is 5.92 Å². The summed E-state index contributed by atoms with van der Waals surface area (Å²) in [6, 6.07) is 26.3. The zero-order chi connectivity index (χ0) is 23.3. The summed E-state index contributed by atoms with van der Waals surface area (Å²) in [4.78, 5) is 2.12. The zero-order valence-electron chi connectivity index (χ0n) is 18.8. The van der Waals surface area contributed by atoms with Gasteiger partial charge in [0, 0.05) is 6.54 Å². The van der Waals surface area contributed by atoms with E-state index in [-0.39, 0.29) is 12.2 Å². The summed E-state index contributed by atoms with van der Waals surface area (Å²) in [6.45, 7) is 3.99. The number of benzene rings is 3. The van der Waals surface area contributed by atoms with Crippen LogP contribution in [0.3, 0.4) is 0 Å². The van der Waals surface area contributed by atoms with Crippen LogP contribution in [0.4, 0.5) is 13.2 Å². The van der Waals surface area contributed by atoms with Crippen molar-refractivity contribution < 1.29 is 17.9 Å². The van der Waals surface area contributed by atoms with Gasteiger partial charge in [0.05, 0.1) is 11.7 Å². The first-order valence-corrected chi connectivity index (χ1v) is 11.5. The van der Waals surface area contributed by atoms with Crippen molar-refractivity contribution in [1.29, 1.82) is 0 Å². The second-order valence-electron chi connectivity index (χ2n) is 8.81. The molecular weight excluding hydrogens is 423 g/mol. The van der Waals surface area contributed by atoms with Gasteiger partial charge in [0.1, 0.15) is 6.10 Å². The predicted octanol–water partition coefficient (Wildman–Crippen LogP) is 7.11. The Bertz CT molecular complexity index is 959. The normalized spacial score (nSPS) is 16.8. The van der Waals surface area contributed by atoms with Crippen molar-refractivity contribution in [3.63, 3.8) is 0 Å². The number of hydrogen-bond acceptors (Lipinski definition) is 2. The molecule has 1 aliphatic rings. The molecule has 0 amide bonds. The third-order valence-corrected chi connectivity index (χ3v) is 6.57. The van der Waals surface area contributed by atoms with Crippen LogP contribution in [0.1, 0.15) is 48.1 Å². The SMILES string of the molecule is CC(OC(c1ccccc1)c1ccccc1)C1CCN(Cc2ccccc2C(F)(F)F)CC1. The molecule has 174 valence electrons. The van der Waals surface area contributed by atoms with E-state index < -0.39 is 11.7 Å². The molecule has 0 spiro atoms. The minimum Gasteiger partial charge on any atom is -0.366 e. The van der Waals surface area contributed by atoms with Gasteiger partial charge in [0.15, 0.2) is 0 Å². The van der Waals surface area contributed by atoms with Crippen LogP contribution in [0, 0.1) is 5.92 Å². The van der Waals surface area contributed by atoms with Gasteiger partial charge in [-0.1, -0.05) is 78.9 Å². The number of rotatable bonds is 7. The van der Waals surface area contributed by atoms with Gasteiger partial charge in [-0.2, -0.15) is 13.2 Å². The first-order valence-electron chi connectivity index (χ1n) is 11.5. The monoisotopic (exact) mass is 453 g/mol. The standard InChI is InChI=1S/C28H30F3NO/c1-21(33-27(23-10-4-2-5-11-23)24-12-6-3-7-13-24)22-16-18-32(19-17-22)20-25-14-8-9-15-26(25)28(29,30)31/h2-15,21-22,27H,16-20H2,1H3. The van der Waals surface area contributed by atoms with E-state index in [1.807, 2.05) is 36.4 Å². The van der Waals surface area contributed by atoms with Crippen molar-refractivity contribution in [2.45, 2.75) is 44.7 Å². The molecule has 33 heavy (non-hydrogen) atoms. The Morgan fingerprint density at radius 3 is 1.88 bits per heavy atom. The van der Waals surface area contributed by atoms with Gasteiger partial charge in [-0.25, -0.2) is 0 Å². The minimum absolute atomic E-state index is 0.0417. The van der Waals surface area contributed by atoms with Crippen LogP contribution < -0.4 is 0 Å². The molecule has 0 aromatic heterocycles. The molecule has 2 nitrogen and oxygen atoms in total. The summed E-state index contributed by atoms with van der Waals surface area (Å²) < 4.78 is 46.6. The molecule has 1 saturated heterocycles. The number of ether oxygens (including phenoxy) is 1. The molecule has 0 N–H and O–H groups in total. The molecule has 3 aromatic rings. The second kappa shape index (κ2) is 10.5. The van der Waals surface area contributed by atoms with Crippen molar-refractivity contribution in [3.8, 4) is 0 Å². The van der Waals surface area contributed by atoms with Crippen molar-refractivity contribution in [3.05, 3.63) is 107 Å². The maximum absolute atomic E-state index is 13.3. The largest absolute Gasteiger partial charge is 0.416 e. The quantitative estimate of drug-likeness (QED) is 0.378. The van der Waals surface area contributed by atoms with Gasteiger partial charge in [0.2, 0.25) is 0 Å². The Morgan fingerprint density at radius 2 is 1.33 bits per heavy atom. The Morgan fingerprint density at radius 1 is 0.818 bits per heavy atom. The van der Waals surface area contributed by atoms with Gasteiger partial charge in [-0.05, 0) is 61.5 Å². The van der Waals surface area contributed by atoms with E-state index in [1.165, 1.54) is 12.1 Å². The molecule has 0 saturated carbocycles. The summed E-state index contributed by atoms with van der Waals surface area (Å²) in [6.07, 6.45) is -2.60. The molecule has 1 unspecified atom stereocenters. The van der Waals surface area contributed by atoms with Crippen LogP contribution in [-0.2, 0) is 17.5 Å². The van der Waals surface area contributed by atoms with E-state index in [0.717, 1.165) is 37.1 Å². The third kappa shape index (κ3) is 6.04. The molecule has 1 aliphatic heterocycles. The number of hydrogen-bond donors (Lipinski definition) is 0.